The van der Waals surface area contributed by atoms with Crippen molar-refractivity contribution in [2.45, 2.75) is 84.0 Å². The number of amides is 3. The van der Waals surface area contributed by atoms with Gasteiger partial charge in [-0.15, -0.1) is 0 Å². The van der Waals surface area contributed by atoms with Crippen LogP contribution < -0.4 is 15.4 Å². The molecule has 1 aliphatic heterocycles. The highest BCUT2D eigenvalue weighted by molar-refractivity contribution is 7.89. The van der Waals surface area contributed by atoms with E-state index in [4.69, 9.17) is 14.0 Å². The zero-order chi connectivity index (χ0) is 35.9. The highest BCUT2D eigenvalue weighted by Gasteiger charge is 2.32. The summed E-state index contributed by atoms with van der Waals surface area (Å²) in [7, 11) is -2.27. The summed E-state index contributed by atoms with van der Waals surface area (Å²) in [5.74, 6) is 0.0629. The van der Waals surface area contributed by atoms with Crippen LogP contribution in [0.3, 0.4) is 0 Å². The number of carbonyl (C=O) groups excluding carboxylic acids is 2. The number of benzene rings is 2. The summed E-state index contributed by atoms with van der Waals surface area (Å²) in [6, 6.07) is 10.4. The Labute approximate surface area is 289 Å². The molecule has 4 rings (SSSR count). The van der Waals surface area contributed by atoms with Crippen LogP contribution >= 0.6 is 0 Å². The van der Waals surface area contributed by atoms with Crippen LogP contribution in [-0.4, -0.2) is 91.4 Å². The van der Waals surface area contributed by atoms with E-state index in [9.17, 15) is 23.1 Å². The number of fused-ring (bicyclic) bond motifs is 1. The molecule has 14 heteroatoms. The largest absolute Gasteiger partial charge is 0.490 e. The fourth-order valence-corrected chi connectivity index (χ4v) is 6.83. The van der Waals surface area contributed by atoms with Gasteiger partial charge >= 0.3 is 6.03 Å². The topological polar surface area (TPSA) is 164 Å². The average molecular weight is 700 g/mol. The van der Waals surface area contributed by atoms with Gasteiger partial charge in [0.2, 0.25) is 10.0 Å². The van der Waals surface area contributed by atoms with E-state index in [1.807, 2.05) is 20.8 Å². The number of rotatable bonds is 8. The zero-order valence-corrected chi connectivity index (χ0v) is 30.2. The molecule has 0 unspecified atom stereocenters. The number of aliphatic hydroxyl groups excluding tert-OH is 1. The van der Waals surface area contributed by atoms with Gasteiger partial charge in [0, 0.05) is 38.3 Å². The van der Waals surface area contributed by atoms with Crippen LogP contribution in [0.2, 0.25) is 0 Å². The number of sulfonamides is 1. The van der Waals surface area contributed by atoms with Crippen molar-refractivity contribution in [3.05, 3.63) is 65.0 Å². The minimum atomic E-state index is -3.80. The molecule has 2 aromatic carbocycles. The summed E-state index contributed by atoms with van der Waals surface area (Å²) < 4.78 is 46.0. The molecule has 0 saturated heterocycles. The van der Waals surface area contributed by atoms with E-state index < -0.39 is 34.1 Å². The molecule has 4 atom stereocenters. The lowest BCUT2D eigenvalue weighted by molar-refractivity contribution is -0.00833. The number of anilines is 2. The van der Waals surface area contributed by atoms with Crippen molar-refractivity contribution in [3.63, 3.8) is 0 Å². The first-order valence-electron chi connectivity index (χ1n) is 16.6. The molecule has 0 radical (unpaired) electrons. The maximum atomic E-state index is 14.4. The summed E-state index contributed by atoms with van der Waals surface area (Å²) in [5, 5.41) is 19.6. The Morgan fingerprint density at radius 1 is 1.10 bits per heavy atom. The van der Waals surface area contributed by atoms with Crippen molar-refractivity contribution < 1.29 is 37.1 Å². The molecule has 268 valence electrons. The molecule has 0 fully saturated rings. The predicted molar refractivity (Wildman–Crippen MR) is 186 cm³/mol. The zero-order valence-electron chi connectivity index (χ0n) is 29.4. The molecule has 2 heterocycles. The van der Waals surface area contributed by atoms with Gasteiger partial charge in [0.25, 0.3) is 5.91 Å². The third-order valence-electron chi connectivity index (χ3n) is 8.75. The molecule has 1 aromatic heterocycles. The Morgan fingerprint density at radius 2 is 1.82 bits per heavy atom. The van der Waals surface area contributed by atoms with Crippen LogP contribution in [0.1, 0.15) is 67.4 Å². The summed E-state index contributed by atoms with van der Waals surface area (Å²) >= 11 is 0. The average Bonchev–Trinajstić information content (AvgIpc) is 3.38. The molecule has 0 saturated carbocycles. The van der Waals surface area contributed by atoms with E-state index in [0.29, 0.717) is 41.6 Å². The number of aryl methyl sites for hydroxylation is 3. The van der Waals surface area contributed by atoms with E-state index in [2.05, 4.69) is 15.8 Å². The van der Waals surface area contributed by atoms with Gasteiger partial charge in [-0.1, -0.05) is 29.8 Å². The predicted octanol–water partition coefficient (Wildman–Crippen LogP) is 5.36. The van der Waals surface area contributed by atoms with Crippen LogP contribution in [0.5, 0.6) is 5.75 Å². The van der Waals surface area contributed by atoms with Gasteiger partial charge in [0.05, 0.1) is 35.3 Å². The molecular weight excluding hydrogens is 650 g/mol. The molecule has 49 heavy (non-hydrogen) atoms. The number of carbonyl (C=O) groups is 2. The van der Waals surface area contributed by atoms with Crippen molar-refractivity contribution in [1.82, 2.24) is 14.4 Å². The quantitative estimate of drug-likeness (QED) is 0.281. The summed E-state index contributed by atoms with van der Waals surface area (Å²) in [4.78, 5) is 29.0. The number of hydrogen-bond acceptors (Lipinski definition) is 9. The lowest BCUT2D eigenvalue weighted by atomic mass is 10.0. The van der Waals surface area contributed by atoms with Gasteiger partial charge < -0.3 is 34.6 Å². The third-order valence-corrected chi connectivity index (χ3v) is 10.6. The van der Waals surface area contributed by atoms with Crippen molar-refractivity contribution in [2.24, 2.45) is 5.92 Å². The second kappa shape index (κ2) is 16.6. The number of ether oxygens (including phenoxy) is 2. The van der Waals surface area contributed by atoms with E-state index >= 15 is 0 Å². The van der Waals surface area contributed by atoms with Crippen LogP contribution in [0, 0.1) is 26.7 Å². The minimum absolute atomic E-state index is 0.0668. The van der Waals surface area contributed by atoms with E-state index in [0.717, 1.165) is 18.4 Å². The number of nitrogens with one attached hydrogen (secondary N) is 2. The molecule has 3 amide bonds. The highest BCUT2D eigenvalue weighted by atomic mass is 32.2. The summed E-state index contributed by atoms with van der Waals surface area (Å²) in [6.07, 6.45) is 1.42. The Kier molecular flexibility index (Phi) is 12.8. The Bertz CT molecular complexity index is 1670. The molecular formula is C35H49N5O8S. The minimum Gasteiger partial charge on any atom is -0.490 e. The number of nitrogens with zero attached hydrogens (tertiary/aromatic N) is 3. The van der Waals surface area contributed by atoms with Gasteiger partial charge in [-0.2, -0.15) is 4.31 Å². The number of likely N-dealkylation sites (N-methyl/N-ethyl adjacent to an activating group) is 1. The molecule has 1 aliphatic rings. The lowest BCUT2D eigenvalue weighted by Crippen LogP contribution is -2.48. The first-order valence-corrected chi connectivity index (χ1v) is 18.0. The van der Waals surface area contributed by atoms with Crippen LogP contribution in [0.15, 0.2) is 51.9 Å². The molecule has 3 N–H and O–H groups in total. The molecule has 0 bridgehead atoms. The normalized spacial score (nSPS) is 20.2. The monoisotopic (exact) mass is 699 g/mol. The number of urea groups is 1. The van der Waals surface area contributed by atoms with Gasteiger partial charge in [0.1, 0.15) is 17.1 Å². The number of aromatic nitrogens is 1. The van der Waals surface area contributed by atoms with Gasteiger partial charge in [-0.3, -0.25) is 4.79 Å². The molecule has 13 nitrogen and oxygen atoms in total. The number of aliphatic hydroxyl groups is 1. The Hall–Kier alpha value is -3.98. The van der Waals surface area contributed by atoms with E-state index in [1.54, 1.807) is 68.1 Å². The van der Waals surface area contributed by atoms with E-state index in [1.165, 1.54) is 11.4 Å². The standard InChI is InChI=1S/C35H49N5O8S/c1-22-11-14-29(15-12-22)49(44,45)39(7)20-32-23(2)19-40(24(3)21-41)34(42)30-18-28(36-35(43)37-33-26(5)38-48-27(33)6)13-16-31(30)47-25(4)10-8-9-17-46-32/h11-16,18,23-25,32,41H,8-10,17,19-21H2,1-7H3,(H2,36,37,43)/t23-,24+,25+,32+/m1/s1. The fraction of sp³-hybridized carbons (Fsp3) is 0.514. The maximum Gasteiger partial charge on any atom is 0.323 e. The van der Waals surface area contributed by atoms with Gasteiger partial charge in [-0.05, 0) is 84.2 Å². The fourth-order valence-electron chi connectivity index (χ4n) is 5.64. The number of hydrogen-bond donors (Lipinski definition) is 3. The van der Waals surface area contributed by atoms with Gasteiger partial charge in [-0.25, -0.2) is 13.2 Å². The van der Waals surface area contributed by atoms with Crippen molar-refractivity contribution in [2.75, 3.05) is 44.0 Å². The maximum absolute atomic E-state index is 14.4. The molecule has 0 aliphatic carbocycles. The second-order valence-corrected chi connectivity index (χ2v) is 14.9. The molecule has 3 aromatic rings. The summed E-state index contributed by atoms with van der Waals surface area (Å²) in [6.45, 7) is 11.2. The Balaban J connectivity index is 1.63. The van der Waals surface area contributed by atoms with Crippen molar-refractivity contribution in [3.8, 4) is 5.75 Å². The Morgan fingerprint density at radius 3 is 2.47 bits per heavy atom. The lowest BCUT2D eigenvalue weighted by Gasteiger charge is -2.35. The summed E-state index contributed by atoms with van der Waals surface area (Å²) in [5.41, 5.74) is 2.50. The second-order valence-electron chi connectivity index (χ2n) is 12.9. The first-order chi connectivity index (χ1) is 23.2. The van der Waals surface area contributed by atoms with Crippen LogP contribution in [-0.2, 0) is 14.8 Å². The van der Waals surface area contributed by atoms with Crippen molar-refractivity contribution in [1.29, 1.82) is 0 Å². The third kappa shape index (κ3) is 9.59. The molecule has 0 spiro atoms. The van der Waals surface area contributed by atoms with Gasteiger partial charge in [0.15, 0.2) is 5.76 Å². The highest BCUT2D eigenvalue weighted by Crippen LogP contribution is 2.29. The first kappa shape index (κ1) is 37.8. The smallest absolute Gasteiger partial charge is 0.323 e. The van der Waals surface area contributed by atoms with Crippen molar-refractivity contribution >= 4 is 33.3 Å². The van der Waals surface area contributed by atoms with E-state index in [-0.39, 0.29) is 42.2 Å². The van der Waals surface area contributed by atoms with Crippen LogP contribution in [0.4, 0.5) is 16.2 Å². The van der Waals surface area contributed by atoms with Crippen LogP contribution in [0.25, 0.3) is 0 Å². The SMILES string of the molecule is Cc1ccc(S(=O)(=O)N(C)C[C@@H]2OCCCC[C@H](C)Oc3ccc(NC(=O)Nc4c(C)noc4C)cc3C(=O)N([C@@H](C)CO)C[C@H]2C)cc1.